The fraction of sp³-hybridized carbons (Fsp3) is 0.125. The van der Waals surface area contributed by atoms with E-state index in [4.69, 9.17) is 0 Å². The van der Waals surface area contributed by atoms with Crippen molar-refractivity contribution in [2.45, 2.75) is 6.18 Å². The summed E-state index contributed by atoms with van der Waals surface area (Å²) in [5.74, 6) is -3.06. The highest BCUT2D eigenvalue weighted by molar-refractivity contribution is 7.96. The van der Waals surface area contributed by atoms with Crippen molar-refractivity contribution < 1.29 is 26.7 Å². The van der Waals surface area contributed by atoms with Gasteiger partial charge in [-0.15, -0.1) is 0 Å². The van der Waals surface area contributed by atoms with Crippen molar-refractivity contribution in [2.75, 3.05) is 5.32 Å². The van der Waals surface area contributed by atoms with Crippen molar-refractivity contribution in [3.63, 3.8) is 0 Å². The summed E-state index contributed by atoms with van der Waals surface area (Å²) in [6.45, 7) is 0. The minimum absolute atomic E-state index is 0.0435. The van der Waals surface area contributed by atoms with Crippen LogP contribution in [-0.4, -0.2) is 5.24 Å². The fourth-order valence-electron chi connectivity index (χ4n) is 0.977. The predicted octanol–water partition coefficient (Wildman–Crippen LogP) is 3.45. The van der Waals surface area contributed by atoms with Gasteiger partial charge >= 0.3 is 6.18 Å². The molecule has 0 bridgehead atoms. The first-order valence-corrected chi connectivity index (χ1v) is 4.22. The second-order valence-corrected chi connectivity index (χ2v) is 3.15. The van der Waals surface area contributed by atoms with Crippen molar-refractivity contribution in [3.8, 4) is 0 Å². The lowest BCUT2D eigenvalue weighted by atomic mass is 10.1. The molecule has 0 saturated carbocycles. The average Bonchev–Trinajstić information content (AvgIpc) is 2.06. The van der Waals surface area contributed by atoms with E-state index in [0.717, 1.165) is 0 Å². The van der Waals surface area contributed by atoms with E-state index < -0.39 is 34.3 Å². The van der Waals surface area contributed by atoms with Gasteiger partial charge in [-0.2, -0.15) is 13.2 Å². The molecule has 0 atom stereocenters. The van der Waals surface area contributed by atoms with Gasteiger partial charge in [-0.05, 0) is 6.07 Å². The number of carbonyl (C=O) groups excluding carboxylic acids is 1. The number of alkyl halides is 3. The molecule has 0 heterocycles. The molecule has 1 amide bonds. The van der Waals surface area contributed by atoms with E-state index in [-0.39, 0.29) is 12.1 Å². The van der Waals surface area contributed by atoms with Gasteiger partial charge < -0.3 is 5.32 Å². The van der Waals surface area contributed by atoms with Gasteiger partial charge in [0.15, 0.2) is 0 Å². The van der Waals surface area contributed by atoms with Crippen molar-refractivity contribution in [1.82, 2.24) is 0 Å². The number of carbonyl (C=O) groups is 1. The van der Waals surface area contributed by atoms with Crippen LogP contribution in [0.2, 0.25) is 0 Å². The van der Waals surface area contributed by atoms with Crippen LogP contribution in [0.1, 0.15) is 5.56 Å². The Bertz CT molecular complexity index is 431. The molecule has 0 saturated heterocycles. The van der Waals surface area contributed by atoms with Gasteiger partial charge in [0.2, 0.25) is 0 Å². The molecule has 16 heavy (non-hydrogen) atoms. The Morgan fingerprint density at radius 1 is 1.19 bits per heavy atom. The molecule has 0 fully saturated rings. The first kappa shape index (κ1) is 12.8. The minimum Gasteiger partial charge on any atom is -0.314 e. The van der Waals surface area contributed by atoms with Crippen LogP contribution in [0.4, 0.5) is 32.4 Å². The zero-order valence-corrected chi connectivity index (χ0v) is 8.29. The quantitative estimate of drug-likeness (QED) is 0.585. The predicted molar refractivity (Wildman–Crippen MR) is 49.4 cm³/mol. The van der Waals surface area contributed by atoms with E-state index in [1.54, 1.807) is 5.32 Å². The van der Waals surface area contributed by atoms with Crippen molar-refractivity contribution >= 4 is 23.6 Å². The molecule has 0 aliphatic carbocycles. The second kappa shape index (κ2) is 4.28. The van der Waals surface area contributed by atoms with E-state index >= 15 is 0 Å². The monoisotopic (exact) mass is 257 g/mol. The lowest BCUT2D eigenvalue weighted by molar-refractivity contribution is -0.140. The van der Waals surface area contributed by atoms with Crippen LogP contribution in [0.5, 0.6) is 0 Å². The van der Waals surface area contributed by atoms with Gasteiger partial charge in [-0.25, -0.2) is 8.78 Å². The first-order valence-electron chi connectivity index (χ1n) is 3.78. The number of thiol groups is 1. The highest BCUT2D eigenvalue weighted by atomic mass is 32.1. The Hall–Kier alpha value is -1.31. The molecule has 0 aliphatic rings. The highest BCUT2D eigenvalue weighted by Crippen LogP contribution is 2.34. The molecule has 0 spiro atoms. The molecule has 0 aromatic heterocycles. The van der Waals surface area contributed by atoms with Gasteiger partial charge in [-0.3, -0.25) is 4.79 Å². The number of anilines is 1. The van der Waals surface area contributed by atoms with Crippen LogP contribution in [0.3, 0.4) is 0 Å². The van der Waals surface area contributed by atoms with Crippen molar-refractivity contribution in [2.24, 2.45) is 0 Å². The number of benzene rings is 1. The van der Waals surface area contributed by atoms with Gasteiger partial charge in [-0.1, -0.05) is 12.6 Å². The van der Waals surface area contributed by atoms with E-state index in [1.807, 2.05) is 0 Å². The van der Waals surface area contributed by atoms with Crippen LogP contribution in [0, 0.1) is 11.6 Å². The number of amides is 1. The van der Waals surface area contributed by atoms with Gasteiger partial charge in [0.25, 0.3) is 5.24 Å². The number of halogens is 5. The lowest BCUT2D eigenvalue weighted by Crippen LogP contribution is -2.11. The SMILES string of the molecule is O=C(S)Nc1cc(C(F)(F)F)c(F)cc1F. The Kier molecular flexibility index (Phi) is 3.41. The standard InChI is InChI=1S/C8H4F5NOS/c9-4-2-5(10)6(14-7(15)16)1-3(4)8(11,12)13/h1-2H,(H2,14,15,16). The molecule has 1 aromatic rings. The van der Waals surface area contributed by atoms with E-state index in [0.29, 0.717) is 0 Å². The Morgan fingerprint density at radius 2 is 1.75 bits per heavy atom. The normalized spacial score (nSPS) is 11.4. The smallest absolute Gasteiger partial charge is 0.314 e. The van der Waals surface area contributed by atoms with Gasteiger partial charge in [0, 0.05) is 6.07 Å². The van der Waals surface area contributed by atoms with E-state index in [1.165, 1.54) is 0 Å². The van der Waals surface area contributed by atoms with Crippen LogP contribution in [0.15, 0.2) is 12.1 Å². The second-order valence-electron chi connectivity index (χ2n) is 2.74. The summed E-state index contributed by atoms with van der Waals surface area (Å²) in [4.78, 5) is 10.4. The zero-order valence-electron chi connectivity index (χ0n) is 7.40. The van der Waals surface area contributed by atoms with Crippen molar-refractivity contribution in [3.05, 3.63) is 29.3 Å². The Morgan fingerprint density at radius 3 is 2.19 bits per heavy atom. The Labute approximate surface area is 91.9 Å². The maximum atomic E-state index is 12.9. The maximum absolute atomic E-state index is 12.9. The summed E-state index contributed by atoms with van der Waals surface area (Å²) in [7, 11) is 0. The van der Waals surface area contributed by atoms with Gasteiger partial charge in [0.05, 0.1) is 11.3 Å². The summed E-state index contributed by atoms with van der Waals surface area (Å²) in [5.41, 5.74) is -2.44. The molecule has 1 aromatic carbocycles. The highest BCUT2D eigenvalue weighted by Gasteiger charge is 2.35. The van der Waals surface area contributed by atoms with Crippen LogP contribution in [0.25, 0.3) is 0 Å². The topological polar surface area (TPSA) is 29.1 Å². The third-order valence-electron chi connectivity index (χ3n) is 1.60. The maximum Gasteiger partial charge on any atom is 0.419 e. The minimum atomic E-state index is -4.96. The number of hydrogen-bond donors (Lipinski definition) is 2. The molecule has 1 N–H and O–H groups in total. The number of hydrogen-bond acceptors (Lipinski definition) is 1. The number of rotatable bonds is 1. The molecule has 0 radical (unpaired) electrons. The number of nitrogens with one attached hydrogen (secondary N) is 1. The summed E-state index contributed by atoms with van der Waals surface area (Å²) in [6.07, 6.45) is -4.96. The molecule has 0 unspecified atom stereocenters. The van der Waals surface area contributed by atoms with E-state index in [2.05, 4.69) is 12.6 Å². The molecule has 0 aliphatic heterocycles. The fourth-order valence-corrected chi connectivity index (χ4v) is 1.10. The summed E-state index contributed by atoms with van der Waals surface area (Å²) in [5, 5.41) is 0.640. The van der Waals surface area contributed by atoms with E-state index in [9.17, 15) is 26.7 Å². The molecule has 1 rings (SSSR count). The average molecular weight is 257 g/mol. The van der Waals surface area contributed by atoms with Crippen LogP contribution in [-0.2, 0) is 6.18 Å². The largest absolute Gasteiger partial charge is 0.419 e. The summed E-state index contributed by atoms with van der Waals surface area (Å²) >= 11 is 3.20. The van der Waals surface area contributed by atoms with Crippen molar-refractivity contribution in [1.29, 1.82) is 0 Å². The summed E-state index contributed by atoms with van der Waals surface area (Å²) < 4.78 is 62.3. The first-order chi connectivity index (χ1) is 7.21. The third kappa shape index (κ3) is 2.84. The molecule has 2 nitrogen and oxygen atoms in total. The summed E-state index contributed by atoms with van der Waals surface area (Å²) in [6, 6.07) is 0.209. The van der Waals surface area contributed by atoms with Crippen LogP contribution < -0.4 is 5.32 Å². The van der Waals surface area contributed by atoms with Gasteiger partial charge in [0.1, 0.15) is 11.6 Å². The third-order valence-corrected chi connectivity index (χ3v) is 1.72. The molecular formula is C8H4F5NOS. The molecular weight excluding hydrogens is 253 g/mol. The molecule has 88 valence electrons. The van der Waals surface area contributed by atoms with Crippen LogP contribution >= 0.6 is 12.6 Å². The Balaban J connectivity index is 3.27. The zero-order chi connectivity index (χ0) is 12.5. The molecule has 8 heteroatoms. The lowest BCUT2D eigenvalue weighted by Gasteiger charge is -2.10.